The van der Waals surface area contributed by atoms with Gasteiger partial charge in [0, 0.05) is 43.2 Å². The van der Waals surface area contributed by atoms with Crippen LogP contribution in [0.2, 0.25) is 0 Å². The third kappa shape index (κ3) is 4.34. The Labute approximate surface area is 217 Å². The number of piperidine rings is 1. The van der Waals surface area contributed by atoms with Crippen LogP contribution in [0, 0.1) is 11.6 Å². The molecule has 0 unspecified atom stereocenters. The highest BCUT2D eigenvalue weighted by Gasteiger charge is 2.21. The predicted molar refractivity (Wildman–Crippen MR) is 142 cm³/mol. The molecule has 0 aliphatic carbocycles. The molecule has 38 heavy (non-hydrogen) atoms. The highest BCUT2D eigenvalue weighted by Crippen LogP contribution is 2.34. The first-order valence-corrected chi connectivity index (χ1v) is 12.3. The zero-order valence-corrected chi connectivity index (χ0v) is 20.9. The van der Waals surface area contributed by atoms with Crippen molar-refractivity contribution in [1.29, 1.82) is 0 Å². The first-order valence-electron chi connectivity index (χ1n) is 12.3. The molecule has 0 radical (unpaired) electrons. The number of imidazole rings is 1. The fraction of sp³-hybridized carbons (Fsp3) is 0.259. The van der Waals surface area contributed by atoms with Crippen molar-refractivity contribution < 1.29 is 13.9 Å². The van der Waals surface area contributed by atoms with Crippen LogP contribution in [0.25, 0.3) is 27.8 Å². The minimum atomic E-state index is -0.708. The molecule has 0 atom stereocenters. The molecule has 0 amide bonds. The van der Waals surface area contributed by atoms with E-state index >= 15 is 4.39 Å². The van der Waals surface area contributed by atoms with E-state index in [1.165, 1.54) is 12.3 Å². The van der Waals surface area contributed by atoms with Gasteiger partial charge in [0.15, 0.2) is 5.82 Å². The lowest BCUT2D eigenvalue weighted by atomic mass is 10.0. The van der Waals surface area contributed by atoms with Gasteiger partial charge in [0.05, 0.1) is 29.0 Å². The smallest absolute Gasteiger partial charge is 0.229 e. The van der Waals surface area contributed by atoms with Crippen LogP contribution >= 0.6 is 0 Å². The third-order valence-corrected chi connectivity index (χ3v) is 7.09. The summed E-state index contributed by atoms with van der Waals surface area (Å²) in [6.07, 6.45) is 8.20. The summed E-state index contributed by atoms with van der Waals surface area (Å²) in [4.78, 5) is 21.6. The van der Waals surface area contributed by atoms with Crippen molar-refractivity contribution in [3.63, 3.8) is 0 Å². The second-order valence-corrected chi connectivity index (χ2v) is 9.64. The highest BCUT2D eigenvalue weighted by atomic mass is 19.1. The maximum atomic E-state index is 15.1. The number of aromatic hydroxyl groups is 1. The van der Waals surface area contributed by atoms with Crippen molar-refractivity contribution in [3.05, 3.63) is 66.8 Å². The van der Waals surface area contributed by atoms with Gasteiger partial charge < -0.3 is 20.2 Å². The summed E-state index contributed by atoms with van der Waals surface area (Å²) in [7, 11) is 4.23. The van der Waals surface area contributed by atoms with Crippen molar-refractivity contribution in [2.24, 2.45) is 0 Å². The van der Waals surface area contributed by atoms with Gasteiger partial charge in [-0.15, -0.1) is 0 Å². The number of anilines is 3. The summed E-state index contributed by atoms with van der Waals surface area (Å²) in [6.45, 7) is 1.93. The lowest BCUT2D eigenvalue weighted by Crippen LogP contribution is -2.42. The van der Waals surface area contributed by atoms with Crippen LogP contribution in [-0.4, -0.2) is 67.6 Å². The number of pyridine rings is 2. The van der Waals surface area contributed by atoms with Crippen LogP contribution in [0.5, 0.6) is 5.75 Å². The normalized spacial score (nSPS) is 14.6. The highest BCUT2D eigenvalue weighted by molar-refractivity contribution is 5.91. The van der Waals surface area contributed by atoms with Crippen molar-refractivity contribution in [2.75, 3.05) is 37.4 Å². The number of nitrogens with zero attached hydrogens (tertiary/aromatic N) is 7. The van der Waals surface area contributed by atoms with E-state index in [1.807, 2.05) is 12.1 Å². The topological polar surface area (TPSA) is 94.7 Å². The number of benzene rings is 1. The van der Waals surface area contributed by atoms with Gasteiger partial charge in [0.25, 0.3) is 0 Å². The summed E-state index contributed by atoms with van der Waals surface area (Å²) in [6, 6.07) is 8.49. The molecule has 0 bridgehead atoms. The molecular weight excluding hydrogens is 490 g/mol. The fourth-order valence-corrected chi connectivity index (χ4v) is 5.02. The Morgan fingerprint density at radius 2 is 1.82 bits per heavy atom. The molecule has 9 nitrogen and oxygen atoms in total. The molecule has 2 N–H and O–H groups in total. The lowest BCUT2D eigenvalue weighted by Gasteiger charge is -2.36. The molecule has 0 spiro atoms. The average Bonchev–Trinajstić information content (AvgIpc) is 3.39. The SMILES string of the molecule is CN(C)C1CCN(c2ccc(Nc3ncc(F)c(-c4cc(F)c5c(O)cc6nccn6c5c4)n3)nc2)CC1. The monoisotopic (exact) mass is 516 g/mol. The van der Waals surface area contributed by atoms with Gasteiger partial charge in [-0.3, -0.25) is 4.40 Å². The molecule has 1 fully saturated rings. The van der Waals surface area contributed by atoms with Crippen molar-refractivity contribution in [3.8, 4) is 17.0 Å². The molecule has 6 rings (SSSR count). The number of nitrogens with one attached hydrogen (secondary N) is 1. The van der Waals surface area contributed by atoms with Crippen molar-refractivity contribution in [1.82, 2.24) is 29.2 Å². The largest absolute Gasteiger partial charge is 0.507 e. The Morgan fingerprint density at radius 3 is 2.55 bits per heavy atom. The van der Waals surface area contributed by atoms with Gasteiger partial charge in [-0.25, -0.2) is 28.7 Å². The zero-order valence-electron chi connectivity index (χ0n) is 20.9. The molecule has 1 aliphatic rings. The van der Waals surface area contributed by atoms with E-state index < -0.39 is 11.6 Å². The third-order valence-electron chi connectivity index (χ3n) is 7.09. The standard InChI is InChI=1S/C27H26F2N8O/c1-35(2)17-5-8-36(9-6-17)18-3-4-23(31-14-18)33-27-32-15-20(29)26(34-27)16-11-19(28)25-21(12-16)37-10-7-30-24(37)13-22(25)38/h3-4,7,10-15,17,38H,5-6,8-9H2,1-2H3,(H,31,32,33,34). The Kier molecular flexibility index (Phi) is 5.99. The molecule has 194 valence electrons. The van der Waals surface area contributed by atoms with Crippen molar-refractivity contribution in [2.45, 2.75) is 18.9 Å². The van der Waals surface area contributed by atoms with E-state index in [-0.39, 0.29) is 28.3 Å². The summed E-state index contributed by atoms with van der Waals surface area (Å²) in [5, 5.41) is 13.3. The van der Waals surface area contributed by atoms with E-state index in [9.17, 15) is 9.50 Å². The number of aromatic nitrogens is 5. The number of halogens is 2. The molecule has 1 aromatic carbocycles. The number of hydrogen-bond donors (Lipinski definition) is 2. The summed E-state index contributed by atoms with van der Waals surface area (Å²) in [5.74, 6) is -1.03. The molecule has 5 aromatic rings. The van der Waals surface area contributed by atoms with Crippen LogP contribution < -0.4 is 10.2 Å². The number of rotatable bonds is 5. The van der Waals surface area contributed by atoms with Gasteiger partial charge in [-0.05, 0) is 51.2 Å². The van der Waals surface area contributed by atoms with Gasteiger partial charge in [-0.1, -0.05) is 0 Å². The average molecular weight is 517 g/mol. The van der Waals surface area contributed by atoms with Crippen molar-refractivity contribution >= 4 is 34.0 Å². The van der Waals surface area contributed by atoms with Crippen LogP contribution in [0.1, 0.15) is 12.8 Å². The van der Waals surface area contributed by atoms with E-state index in [0.717, 1.165) is 43.9 Å². The van der Waals surface area contributed by atoms with Gasteiger partial charge in [0.2, 0.25) is 5.95 Å². The Morgan fingerprint density at radius 1 is 1.00 bits per heavy atom. The second-order valence-electron chi connectivity index (χ2n) is 9.64. The van der Waals surface area contributed by atoms with E-state index in [4.69, 9.17) is 0 Å². The zero-order chi connectivity index (χ0) is 26.4. The number of fused-ring (bicyclic) bond motifs is 3. The maximum Gasteiger partial charge on any atom is 0.229 e. The quantitative estimate of drug-likeness (QED) is 0.350. The number of hydrogen-bond acceptors (Lipinski definition) is 8. The van der Waals surface area contributed by atoms with Crippen LogP contribution in [-0.2, 0) is 0 Å². The molecule has 11 heteroatoms. The van der Waals surface area contributed by atoms with Gasteiger partial charge in [-0.2, -0.15) is 0 Å². The summed E-state index contributed by atoms with van der Waals surface area (Å²) in [5.41, 5.74) is 1.93. The molecule has 0 saturated carbocycles. The van der Waals surface area contributed by atoms with E-state index in [1.54, 1.807) is 22.9 Å². The van der Waals surface area contributed by atoms with Gasteiger partial charge in [0.1, 0.15) is 28.7 Å². The second kappa shape index (κ2) is 9.49. The fourth-order valence-electron chi connectivity index (χ4n) is 5.02. The molecule has 5 heterocycles. The Bertz CT molecular complexity index is 1630. The van der Waals surface area contributed by atoms with E-state index in [2.05, 4.69) is 49.1 Å². The summed E-state index contributed by atoms with van der Waals surface area (Å²) < 4.78 is 31.5. The lowest BCUT2D eigenvalue weighted by molar-refractivity contribution is 0.249. The van der Waals surface area contributed by atoms with Crippen LogP contribution in [0.3, 0.4) is 0 Å². The molecule has 4 aromatic heterocycles. The molecular formula is C27H26F2N8O. The van der Waals surface area contributed by atoms with E-state index in [0.29, 0.717) is 23.0 Å². The van der Waals surface area contributed by atoms with Crippen LogP contribution in [0.15, 0.2) is 55.1 Å². The maximum absolute atomic E-state index is 15.1. The first-order chi connectivity index (χ1) is 18.4. The predicted octanol–water partition coefficient (Wildman–Crippen LogP) is 4.60. The van der Waals surface area contributed by atoms with Crippen LogP contribution in [0.4, 0.5) is 26.2 Å². The summed E-state index contributed by atoms with van der Waals surface area (Å²) >= 11 is 0. The minimum Gasteiger partial charge on any atom is -0.507 e. The molecule has 1 saturated heterocycles. The minimum absolute atomic E-state index is 0.0160. The Balaban J connectivity index is 1.26. The van der Waals surface area contributed by atoms with Gasteiger partial charge >= 0.3 is 0 Å². The Hall–Kier alpha value is -4.38. The molecule has 1 aliphatic heterocycles. The first kappa shape index (κ1) is 24.0.